The molecule has 0 saturated carbocycles. The summed E-state index contributed by atoms with van der Waals surface area (Å²) in [5.41, 5.74) is 0. The van der Waals surface area contributed by atoms with Crippen LogP contribution >= 0.6 is 8.51 Å². The average molecular weight is 207 g/mol. The first kappa shape index (κ1) is 8.65. The number of rotatable bonds is 0. The molecule has 0 bridgehead atoms. The number of allylic oxidation sites excluding steroid dienone is 4. The van der Waals surface area contributed by atoms with E-state index >= 15 is 0 Å². The van der Waals surface area contributed by atoms with Crippen LogP contribution < -0.4 is 0 Å². The van der Waals surface area contributed by atoms with Gasteiger partial charge in [0.15, 0.2) is 0 Å². The van der Waals surface area contributed by atoms with Crippen LogP contribution in [0.5, 0.6) is 0 Å². The van der Waals surface area contributed by atoms with Crippen molar-refractivity contribution in [3.63, 3.8) is 0 Å². The Labute approximate surface area is 65.7 Å². The first-order chi connectivity index (χ1) is 3.91. The molecule has 43 valence electrons. The van der Waals surface area contributed by atoms with Gasteiger partial charge in [0.05, 0.1) is 0 Å². The summed E-state index contributed by atoms with van der Waals surface area (Å²) in [5, 5.41) is 0. The molecular weight excluding hydrogens is 199 g/mol. The third-order valence-corrected chi connectivity index (χ3v) is 0.556. The van der Waals surface area contributed by atoms with Gasteiger partial charge in [-0.1, -0.05) is 24.3 Å². The van der Waals surface area contributed by atoms with Gasteiger partial charge >= 0.3 is 35.2 Å². The maximum Gasteiger partial charge on any atom is 0.00506 e. The van der Waals surface area contributed by atoms with Gasteiger partial charge in [-0.05, 0) is 0 Å². The summed E-state index contributed by atoms with van der Waals surface area (Å²) in [6.45, 7) is 0. The smallest absolute Gasteiger partial charge is 0.00506 e. The van der Waals surface area contributed by atoms with Crippen molar-refractivity contribution in [2.45, 2.75) is 4.63 Å². The molecule has 1 radical (unpaired) electrons. The summed E-state index contributed by atoms with van der Waals surface area (Å²) < 4.78 is 2.06. The molecule has 0 heterocycles. The van der Waals surface area contributed by atoms with E-state index in [1.165, 1.54) is 0 Å². The van der Waals surface area contributed by atoms with Crippen molar-refractivity contribution in [1.29, 1.82) is 0 Å². The Bertz CT molecular complexity index is 76.5. The van der Waals surface area contributed by atoms with E-state index in [9.17, 15) is 0 Å². The summed E-state index contributed by atoms with van der Waals surface area (Å²) >= 11 is -0.298. The number of halogens is 1. The van der Waals surface area contributed by atoms with Crippen molar-refractivity contribution in [1.82, 2.24) is 0 Å². The number of hydrogen-bond acceptors (Lipinski definition) is 0. The Morgan fingerprint density at radius 3 is 1.62 bits per heavy atom. The summed E-state index contributed by atoms with van der Waals surface area (Å²) in [6.07, 6.45) is 10.0. The van der Waals surface area contributed by atoms with E-state index < -0.39 is 0 Å². The quantitative estimate of drug-likeness (QED) is 0.572. The Hall–Kier alpha value is 0.653. The maximum absolute atomic E-state index is 5.17. The van der Waals surface area contributed by atoms with Gasteiger partial charge < -0.3 is 0 Å². The summed E-state index contributed by atoms with van der Waals surface area (Å²) in [5.74, 6) is 0. The van der Waals surface area contributed by atoms with Crippen LogP contribution in [0, 0.1) is 6.42 Å². The SMILES string of the molecule is [CH3][Zr][Cl].[CH]1C=CC=C1. The molecule has 0 atom stereocenters. The molecular formula is C6H8ClZr. The van der Waals surface area contributed by atoms with Crippen molar-refractivity contribution in [2.24, 2.45) is 0 Å². The van der Waals surface area contributed by atoms with E-state index in [4.69, 9.17) is 8.51 Å². The molecule has 0 aromatic heterocycles. The van der Waals surface area contributed by atoms with E-state index in [1.54, 1.807) is 0 Å². The van der Waals surface area contributed by atoms with Crippen LogP contribution in [-0.4, -0.2) is 0 Å². The second-order valence-corrected chi connectivity index (χ2v) is 4.32. The third-order valence-electron chi connectivity index (χ3n) is 0.556. The van der Waals surface area contributed by atoms with Crippen LogP contribution in [0.2, 0.25) is 4.63 Å². The van der Waals surface area contributed by atoms with Gasteiger partial charge in [-0.3, -0.25) is 0 Å². The van der Waals surface area contributed by atoms with Crippen LogP contribution in [0.4, 0.5) is 0 Å². The van der Waals surface area contributed by atoms with Crippen molar-refractivity contribution >= 4 is 8.51 Å². The zero-order valence-corrected chi connectivity index (χ0v) is 7.98. The first-order valence-electron chi connectivity index (χ1n) is 2.36. The maximum atomic E-state index is 5.17. The topological polar surface area (TPSA) is 0 Å². The van der Waals surface area contributed by atoms with Crippen LogP contribution in [0.15, 0.2) is 24.3 Å². The molecule has 0 saturated heterocycles. The molecule has 1 aliphatic carbocycles. The van der Waals surface area contributed by atoms with E-state index in [0.717, 1.165) is 0 Å². The fourth-order valence-corrected chi connectivity index (χ4v) is 0.321. The van der Waals surface area contributed by atoms with E-state index in [1.807, 2.05) is 30.7 Å². The minimum absolute atomic E-state index is 0.298. The molecule has 0 amide bonds. The van der Waals surface area contributed by atoms with Crippen LogP contribution in [-0.2, 0) is 22.0 Å². The zero-order chi connectivity index (χ0) is 6.24. The predicted octanol–water partition coefficient (Wildman–Crippen LogP) is 2.59. The first-order valence-corrected chi connectivity index (χ1v) is 7.98. The van der Waals surface area contributed by atoms with Crippen LogP contribution in [0.25, 0.3) is 0 Å². The van der Waals surface area contributed by atoms with E-state index in [-0.39, 0.29) is 22.0 Å². The molecule has 0 aromatic carbocycles. The largest absolute Gasteiger partial charge is 0.0767 e. The normalized spacial score (nSPS) is 12.8. The van der Waals surface area contributed by atoms with Gasteiger partial charge in [0.1, 0.15) is 0 Å². The molecule has 0 fully saturated rings. The molecule has 0 unspecified atom stereocenters. The van der Waals surface area contributed by atoms with Crippen molar-refractivity contribution in [3.05, 3.63) is 30.7 Å². The van der Waals surface area contributed by atoms with Gasteiger partial charge in [0, 0.05) is 6.42 Å². The molecule has 2 heteroatoms. The van der Waals surface area contributed by atoms with E-state index in [0.29, 0.717) is 0 Å². The summed E-state index contributed by atoms with van der Waals surface area (Å²) in [4.78, 5) is 0. The monoisotopic (exact) mass is 205 g/mol. The predicted molar refractivity (Wildman–Crippen MR) is 34.3 cm³/mol. The third kappa shape index (κ3) is 6.65. The van der Waals surface area contributed by atoms with Gasteiger partial charge in [-0.25, -0.2) is 0 Å². The van der Waals surface area contributed by atoms with Crippen molar-refractivity contribution in [3.8, 4) is 0 Å². The van der Waals surface area contributed by atoms with Gasteiger partial charge in [0.2, 0.25) is 0 Å². The Morgan fingerprint density at radius 2 is 1.50 bits per heavy atom. The van der Waals surface area contributed by atoms with Gasteiger partial charge in [0.25, 0.3) is 0 Å². The van der Waals surface area contributed by atoms with Crippen LogP contribution in [0.3, 0.4) is 0 Å². The zero-order valence-electron chi connectivity index (χ0n) is 4.76. The molecule has 1 rings (SSSR count). The Kier molecular flexibility index (Phi) is 8.28. The van der Waals surface area contributed by atoms with E-state index in [2.05, 4.69) is 4.63 Å². The molecule has 1 aliphatic rings. The van der Waals surface area contributed by atoms with Gasteiger partial charge in [-0.15, -0.1) is 0 Å². The van der Waals surface area contributed by atoms with Gasteiger partial charge in [-0.2, -0.15) is 0 Å². The average Bonchev–Trinajstić information content (AvgIpc) is 2.17. The van der Waals surface area contributed by atoms with Crippen molar-refractivity contribution < 1.29 is 22.0 Å². The molecule has 0 nitrogen and oxygen atoms in total. The second kappa shape index (κ2) is 7.65. The Morgan fingerprint density at radius 1 is 1.12 bits per heavy atom. The molecule has 0 N–H and O–H groups in total. The second-order valence-electron chi connectivity index (χ2n) is 1.15. The standard InChI is InChI=1S/C5H5.CH3.ClH.Zr/c1-2-4-5-3-1;;;/h1-5H;1H3;1H;/q;;;+1/p-1. The van der Waals surface area contributed by atoms with Crippen molar-refractivity contribution in [2.75, 3.05) is 0 Å². The molecule has 0 aromatic rings. The minimum Gasteiger partial charge on any atom is -0.0767 e. The molecule has 0 spiro atoms. The number of hydrogen-bond donors (Lipinski definition) is 0. The fraction of sp³-hybridized carbons (Fsp3) is 0.167. The Balaban J connectivity index is 0.000000145. The minimum atomic E-state index is -0.298. The summed E-state index contributed by atoms with van der Waals surface area (Å²) in [6, 6.07) is 0. The summed E-state index contributed by atoms with van der Waals surface area (Å²) in [7, 11) is 5.17. The molecule has 0 aliphatic heterocycles. The molecule has 8 heavy (non-hydrogen) atoms. The van der Waals surface area contributed by atoms with Crippen LogP contribution in [0.1, 0.15) is 0 Å². The fourth-order valence-electron chi connectivity index (χ4n) is 0.321.